The Bertz CT molecular complexity index is 1050. The normalized spacial score (nSPS) is 11.0. The van der Waals surface area contributed by atoms with Crippen LogP contribution in [0.15, 0.2) is 23.8 Å². The van der Waals surface area contributed by atoms with Crippen molar-refractivity contribution in [2.24, 2.45) is 0 Å². The molecule has 28 heavy (non-hydrogen) atoms. The number of hydrogen-bond donors (Lipinski definition) is 1. The molecular formula is C19H16ClN3O5. The number of aromatic nitrogens is 1. The molecule has 9 heteroatoms. The molecule has 0 bridgehead atoms. The highest BCUT2D eigenvalue weighted by Gasteiger charge is 2.27. The van der Waals surface area contributed by atoms with E-state index in [1.165, 1.54) is 12.1 Å². The third-order valence-corrected chi connectivity index (χ3v) is 4.28. The number of rotatable bonds is 6. The van der Waals surface area contributed by atoms with Gasteiger partial charge in [0.1, 0.15) is 11.6 Å². The molecule has 0 aliphatic rings. The van der Waals surface area contributed by atoms with Gasteiger partial charge in [-0.15, -0.1) is 0 Å². The Kier molecular flexibility index (Phi) is 6.33. The molecule has 0 unspecified atom stereocenters. The van der Waals surface area contributed by atoms with E-state index in [1.807, 2.05) is 0 Å². The minimum Gasteiger partial charge on any atom is -0.462 e. The van der Waals surface area contributed by atoms with Crippen LogP contribution in [0.2, 0.25) is 5.02 Å². The molecule has 0 atom stereocenters. The molecule has 0 radical (unpaired) electrons. The van der Waals surface area contributed by atoms with Crippen molar-refractivity contribution in [3.63, 3.8) is 0 Å². The predicted molar refractivity (Wildman–Crippen MR) is 102 cm³/mol. The Balaban J connectivity index is 2.59. The summed E-state index contributed by atoms with van der Waals surface area (Å²) >= 11 is 6.04. The quantitative estimate of drug-likeness (QED) is 0.193. The van der Waals surface area contributed by atoms with Crippen molar-refractivity contribution < 1.29 is 19.2 Å². The number of H-pyrrole nitrogens is 1. The topological polar surface area (TPSA) is 126 Å². The third kappa shape index (κ3) is 4.10. The number of halogens is 1. The zero-order valence-electron chi connectivity index (χ0n) is 15.3. The number of nitriles is 1. The SMILES string of the molecule is CCOC(=O)c1c(C)[nH]c(C)c1C(=O)/C(C#N)=C/c1cc([N+](=O)[O-])ccc1Cl. The van der Waals surface area contributed by atoms with Gasteiger partial charge in [-0.2, -0.15) is 5.26 Å². The van der Waals surface area contributed by atoms with Crippen LogP contribution in [0.3, 0.4) is 0 Å². The Hall–Kier alpha value is -3.44. The molecule has 0 saturated heterocycles. The van der Waals surface area contributed by atoms with Gasteiger partial charge in [0.25, 0.3) is 5.69 Å². The van der Waals surface area contributed by atoms with E-state index >= 15 is 0 Å². The highest BCUT2D eigenvalue weighted by molar-refractivity contribution is 6.32. The van der Waals surface area contributed by atoms with Crippen LogP contribution in [0.4, 0.5) is 5.69 Å². The van der Waals surface area contributed by atoms with E-state index in [9.17, 15) is 25.0 Å². The number of hydrogen-bond acceptors (Lipinski definition) is 6. The highest BCUT2D eigenvalue weighted by atomic mass is 35.5. The van der Waals surface area contributed by atoms with Crippen LogP contribution in [0.5, 0.6) is 0 Å². The number of esters is 1. The summed E-state index contributed by atoms with van der Waals surface area (Å²) in [7, 11) is 0. The highest BCUT2D eigenvalue weighted by Crippen LogP contribution is 2.27. The van der Waals surface area contributed by atoms with E-state index in [-0.39, 0.29) is 39.6 Å². The molecule has 0 aliphatic heterocycles. The van der Waals surface area contributed by atoms with Crippen molar-refractivity contribution in [1.82, 2.24) is 4.98 Å². The first-order valence-electron chi connectivity index (χ1n) is 8.17. The molecule has 0 aliphatic carbocycles. The van der Waals surface area contributed by atoms with Gasteiger partial charge in [-0.25, -0.2) is 4.79 Å². The lowest BCUT2D eigenvalue weighted by Gasteiger charge is -2.06. The van der Waals surface area contributed by atoms with Crippen LogP contribution < -0.4 is 0 Å². The number of nitrogens with one attached hydrogen (secondary N) is 1. The smallest absolute Gasteiger partial charge is 0.340 e. The molecule has 2 rings (SSSR count). The zero-order valence-corrected chi connectivity index (χ0v) is 16.1. The van der Waals surface area contributed by atoms with Crippen LogP contribution in [0.1, 0.15) is 44.6 Å². The van der Waals surface area contributed by atoms with Crippen molar-refractivity contribution in [3.05, 3.63) is 67.0 Å². The van der Waals surface area contributed by atoms with Crippen LogP contribution in [-0.4, -0.2) is 28.3 Å². The fourth-order valence-electron chi connectivity index (χ4n) is 2.72. The summed E-state index contributed by atoms with van der Waals surface area (Å²) in [6, 6.07) is 5.46. The van der Waals surface area contributed by atoms with Crippen molar-refractivity contribution in [1.29, 1.82) is 5.26 Å². The molecule has 0 saturated carbocycles. The molecule has 144 valence electrons. The number of ether oxygens (including phenoxy) is 1. The summed E-state index contributed by atoms with van der Waals surface area (Å²) < 4.78 is 5.00. The van der Waals surface area contributed by atoms with E-state index in [0.717, 1.165) is 12.1 Å². The predicted octanol–water partition coefficient (Wildman–Crippen LogP) is 4.16. The third-order valence-electron chi connectivity index (χ3n) is 3.94. The van der Waals surface area contributed by atoms with Crippen LogP contribution in [0, 0.1) is 35.3 Å². The van der Waals surface area contributed by atoms with E-state index in [1.54, 1.807) is 26.8 Å². The Labute approximate surface area is 165 Å². The van der Waals surface area contributed by atoms with Gasteiger partial charge in [-0.05, 0) is 32.9 Å². The van der Waals surface area contributed by atoms with Gasteiger partial charge in [0.15, 0.2) is 0 Å². The lowest BCUT2D eigenvalue weighted by Crippen LogP contribution is -2.13. The van der Waals surface area contributed by atoms with Crippen molar-refractivity contribution in [2.75, 3.05) is 6.61 Å². The second-order valence-electron chi connectivity index (χ2n) is 5.81. The Morgan fingerprint density at radius 2 is 1.96 bits per heavy atom. The number of aryl methyl sites for hydroxylation is 2. The zero-order chi connectivity index (χ0) is 21.0. The number of nitrogens with zero attached hydrogens (tertiary/aromatic N) is 2. The average Bonchev–Trinajstić information content (AvgIpc) is 2.94. The summed E-state index contributed by atoms with van der Waals surface area (Å²) in [6.07, 6.45) is 1.16. The number of allylic oxidation sites excluding steroid dienone is 1. The second-order valence-corrected chi connectivity index (χ2v) is 6.21. The first-order chi connectivity index (χ1) is 13.2. The Morgan fingerprint density at radius 1 is 1.32 bits per heavy atom. The van der Waals surface area contributed by atoms with Crippen LogP contribution in [0.25, 0.3) is 6.08 Å². The summed E-state index contributed by atoms with van der Waals surface area (Å²) in [6.45, 7) is 4.97. The van der Waals surface area contributed by atoms with E-state index in [4.69, 9.17) is 16.3 Å². The average molecular weight is 402 g/mol. The van der Waals surface area contributed by atoms with Crippen molar-refractivity contribution in [3.8, 4) is 6.07 Å². The van der Waals surface area contributed by atoms with Gasteiger partial charge < -0.3 is 9.72 Å². The van der Waals surface area contributed by atoms with Gasteiger partial charge in [-0.3, -0.25) is 14.9 Å². The molecule has 0 amide bonds. The number of non-ortho nitro benzene ring substituents is 1. The first-order valence-corrected chi connectivity index (χ1v) is 8.55. The van der Waals surface area contributed by atoms with Gasteiger partial charge in [0.05, 0.1) is 22.7 Å². The largest absolute Gasteiger partial charge is 0.462 e. The minimum atomic E-state index is -0.713. The van der Waals surface area contributed by atoms with E-state index in [2.05, 4.69) is 4.98 Å². The minimum absolute atomic E-state index is 0.0188. The second kappa shape index (κ2) is 8.50. The number of aromatic amines is 1. The number of benzene rings is 1. The summed E-state index contributed by atoms with van der Waals surface area (Å²) in [5.74, 6) is -1.40. The summed E-state index contributed by atoms with van der Waals surface area (Å²) in [5, 5.41) is 20.6. The molecule has 1 aromatic carbocycles. The molecule has 0 fully saturated rings. The van der Waals surface area contributed by atoms with Crippen LogP contribution in [-0.2, 0) is 4.74 Å². The molecule has 1 heterocycles. The lowest BCUT2D eigenvalue weighted by molar-refractivity contribution is -0.384. The maximum Gasteiger partial charge on any atom is 0.340 e. The first kappa shape index (κ1) is 20.9. The fourth-order valence-corrected chi connectivity index (χ4v) is 2.89. The summed E-state index contributed by atoms with van der Waals surface area (Å²) in [5.41, 5.74) is 0.488. The van der Waals surface area contributed by atoms with E-state index < -0.39 is 16.7 Å². The molecule has 2 aromatic rings. The molecule has 1 N–H and O–H groups in total. The van der Waals surface area contributed by atoms with Gasteiger partial charge >= 0.3 is 5.97 Å². The monoisotopic (exact) mass is 401 g/mol. The molecule has 0 spiro atoms. The number of carbonyl (C=O) groups is 2. The van der Waals surface area contributed by atoms with Gasteiger partial charge in [-0.1, -0.05) is 11.6 Å². The van der Waals surface area contributed by atoms with E-state index in [0.29, 0.717) is 11.4 Å². The van der Waals surface area contributed by atoms with Crippen molar-refractivity contribution >= 4 is 35.1 Å². The summed E-state index contributed by atoms with van der Waals surface area (Å²) in [4.78, 5) is 38.5. The molecule has 1 aromatic heterocycles. The maximum absolute atomic E-state index is 13.0. The Morgan fingerprint density at radius 3 is 2.54 bits per heavy atom. The number of nitro benzene ring substituents is 1. The molecule has 8 nitrogen and oxygen atoms in total. The fraction of sp³-hybridized carbons (Fsp3) is 0.211. The van der Waals surface area contributed by atoms with Gasteiger partial charge in [0, 0.05) is 34.1 Å². The number of Topliss-reactive ketones (excluding diaryl/α,β-unsaturated/α-hetero) is 1. The number of ketones is 1. The number of carbonyl (C=O) groups excluding carboxylic acids is 2. The van der Waals surface area contributed by atoms with Crippen LogP contribution >= 0.6 is 11.6 Å². The number of nitro groups is 1. The standard InChI is InChI=1S/C19H16ClN3O5/c1-4-28-19(25)17-11(3)22-10(2)16(17)18(24)13(9-21)7-12-8-14(23(26)27)5-6-15(12)20/h5-8,22H,4H2,1-3H3/b13-7+. The maximum atomic E-state index is 13.0. The van der Waals surface area contributed by atoms with Crippen molar-refractivity contribution in [2.45, 2.75) is 20.8 Å². The lowest BCUT2D eigenvalue weighted by atomic mass is 9.98. The van der Waals surface area contributed by atoms with Gasteiger partial charge in [0.2, 0.25) is 5.78 Å². The molecular weight excluding hydrogens is 386 g/mol.